The molecule has 0 aromatic heterocycles. The van der Waals surface area contributed by atoms with Gasteiger partial charge in [-0.2, -0.15) is 0 Å². The first-order valence-electron chi connectivity index (χ1n) is 7.66. The fourth-order valence-corrected chi connectivity index (χ4v) is 2.85. The number of benzene rings is 1. The molecule has 1 aromatic carbocycles. The van der Waals surface area contributed by atoms with Crippen LogP contribution in [0.4, 0.5) is 8.78 Å². The van der Waals surface area contributed by atoms with Crippen LogP contribution in [-0.4, -0.2) is 61.6 Å². The summed E-state index contributed by atoms with van der Waals surface area (Å²) in [5.74, 6) is -1.26. The molecule has 0 saturated carbocycles. The van der Waals surface area contributed by atoms with E-state index in [-0.39, 0.29) is 18.6 Å². The minimum Gasteiger partial charge on any atom is -0.383 e. The Bertz CT molecular complexity index is 548. The summed E-state index contributed by atoms with van der Waals surface area (Å²) < 4.78 is 31.8. The summed E-state index contributed by atoms with van der Waals surface area (Å²) in [5.41, 5.74) is 6.22. The first-order chi connectivity index (χ1) is 10.9. The van der Waals surface area contributed by atoms with Gasteiger partial charge in [0.1, 0.15) is 17.7 Å². The topological polar surface area (TPSA) is 58.8 Å². The first kappa shape index (κ1) is 17.8. The molecule has 2 unspecified atom stereocenters. The number of nitrogens with zero attached hydrogens (tertiary/aromatic N) is 2. The summed E-state index contributed by atoms with van der Waals surface area (Å²) in [5, 5.41) is 0. The highest BCUT2D eigenvalue weighted by atomic mass is 19.1. The highest BCUT2D eigenvalue weighted by molar-refractivity contribution is 5.81. The third-order valence-corrected chi connectivity index (χ3v) is 4.25. The van der Waals surface area contributed by atoms with E-state index in [1.165, 1.54) is 19.2 Å². The van der Waals surface area contributed by atoms with Crippen molar-refractivity contribution in [3.8, 4) is 0 Å². The second-order valence-electron chi connectivity index (χ2n) is 5.76. The van der Waals surface area contributed by atoms with Crippen molar-refractivity contribution in [3.63, 3.8) is 0 Å². The standard InChI is InChI=1S/C16H23F2N3O2/c1-11(13-4-3-12(17)9-14(13)18)20-5-7-21(8-6-20)16(22)15(19)10-23-2/h3-4,9,11,15H,5-8,10,19H2,1-2H3. The van der Waals surface area contributed by atoms with Crippen LogP contribution in [-0.2, 0) is 9.53 Å². The smallest absolute Gasteiger partial charge is 0.241 e. The molecule has 23 heavy (non-hydrogen) atoms. The maximum absolute atomic E-state index is 13.9. The van der Waals surface area contributed by atoms with Gasteiger partial charge in [0.25, 0.3) is 0 Å². The number of halogens is 2. The van der Waals surface area contributed by atoms with Gasteiger partial charge in [0.2, 0.25) is 5.91 Å². The van der Waals surface area contributed by atoms with E-state index in [9.17, 15) is 13.6 Å². The number of hydrogen-bond donors (Lipinski definition) is 1. The van der Waals surface area contributed by atoms with Crippen molar-refractivity contribution >= 4 is 5.91 Å². The van der Waals surface area contributed by atoms with Crippen molar-refractivity contribution in [3.05, 3.63) is 35.4 Å². The molecule has 1 saturated heterocycles. The Labute approximate surface area is 135 Å². The Morgan fingerprint density at radius 1 is 1.30 bits per heavy atom. The lowest BCUT2D eigenvalue weighted by Crippen LogP contribution is -2.54. The van der Waals surface area contributed by atoms with E-state index in [0.29, 0.717) is 31.7 Å². The molecule has 1 aromatic rings. The van der Waals surface area contributed by atoms with Crippen LogP contribution in [0, 0.1) is 11.6 Å². The zero-order valence-electron chi connectivity index (χ0n) is 13.5. The quantitative estimate of drug-likeness (QED) is 0.881. The van der Waals surface area contributed by atoms with E-state index in [0.717, 1.165) is 6.07 Å². The summed E-state index contributed by atoms with van der Waals surface area (Å²) in [6.45, 7) is 4.36. The van der Waals surface area contributed by atoms with Crippen molar-refractivity contribution in [2.24, 2.45) is 5.73 Å². The van der Waals surface area contributed by atoms with Crippen LogP contribution in [0.25, 0.3) is 0 Å². The van der Waals surface area contributed by atoms with E-state index >= 15 is 0 Å². The van der Waals surface area contributed by atoms with E-state index < -0.39 is 17.7 Å². The number of piperazine rings is 1. The Balaban J connectivity index is 1.94. The SMILES string of the molecule is COCC(N)C(=O)N1CCN(C(C)c2ccc(F)cc2F)CC1. The number of ether oxygens (including phenoxy) is 1. The lowest BCUT2D eigenvalue weighted by atomic mass is 10.0. The van der Waals surface area contributed by atoms with Gasteiger partial charge >= 0.3 is 0 Å². The third-order valence-electron chi connectivity index (χ3n) is 4.25. The van der Waals surface area contributed by atoms with Crippen LogP contribution < -0.4 is 5.73 Å². The fraction of sp³-hybridized carbons (Fsp3) is 0.562. The molecule has 7 heteroatoms. The number of carbonyl (C=O) groups excluding carboxylic acids is 1. The van der Waals surface area contributed by atoms with E-state index in [4.69, 9.17) is 10.5 Å². The Kier molecular flexibility index (Phi) is 6.04. The predicted molar refractivity (Wildman–Crippen MR) is 82.8 cm³/mol. The molecule has 0 aliphatic carbocycles. The highest BCUT2D eigenvalue weighted by Crippen LogP contribution is 2.24. The largest absolute Gasteiger partial charge is 0.383 e. The van der Waals surface area contributed by atoms with Crippen molar-refractivity contribution in [1.82, 2.24) is 9.80 Å². The van der Waals surface area contributed by atoms with Gasteiger partial charge in [0.15, 0.2) is 0 Å². The van der Waals surface area contributed by atoms with Gasteiger partial charge in [-0.25, -0.2) is 8.78 Å². The van der Waals surface area contributed by atoms with Crippen LogP contribution in [0.15, 0.2) is 18.2 Å². The van der Waals surface area contributed by atoms with Gasteiger partial charge in [0.05, 0.1) is 6.61 Å². The predicted octanol–water partition coefficient (Wildman–Crippen LogP) is 1.14. The molecule has 1 amide bonds. The molecular weight excluding hydrogens is 304 g/mol. The van der Waals surface area contributed by atoms with Gasteiger partial charge in [-0.1, -0.05) is 6.07 Å². The minimum atomic E-state index is -0.654. The van der Waals surface area contributed by atoms with Crippen molar-refractivity contribution in [2.75, 3.05) is 39.9 Å². The van der Waals surface area contributed by atoms with Gasteiger partial charge < -0.3 is 15.4 Å². The zero-order valence-corrected chi connectivity index (χ0v) is 13.5. The lowest BCUT2D eigenvalue weighted by Gasteiger charge is -2.39. The number of amides is 1. The van der Waals surface area contributed by atoms with E-state index in [2.05, 4.69) is 4.90 Å². The number of hydrogen-bond acceptors (Lipinski definition) is 4. The average Bonchev–Trinajstić information content (AvgIpc) is 2.54. The molecule has 1 fully saturated rings. The molecule has 1 aliphatic heterocycles. The molecule has 0 radical (unpaired) electrons. The van der Waals surface area contributed by atoms with Gasteiger partial charge in [-0.05, 0) is 13.0 Å². The fourth-order valence-electron chi connectivity index (χ4n) is 2.85. The monoisotopic (exact) mass is 327 g/mol. The summed E-state index contributed by atoms with van der Waals surface area (Å²) in [7, 11) is 1.50. The molecular formula is C16H23F2N3O2. The summed E-state index contributed by atoms with van der Waals surface area (Å²) in [6.07, 6.45) is 0. The molecule has 0 spiro atoms. The number of methoxy groups -OCH3 is 1. The molecule has 5 nitrogen and oxygen atoms in total. The summed E-state index contributed by atoms with van der Waals surface area (Å²) in [6, 6.07) is 2.80. The molecule has 0 bridgehead atoms. The van der Waals surface area contributed by atoms with Crippen LogP contribution in [0.1, 0.15) is 18.5 Å². The molecule has 2 N–H and O–H groups in total. The normalized spacial score (nSPS) is 18.7. The first-order valence-corrected chi connectivity index (χ1v) is 7.66. The van der Waals surface area contributed by atoms with Gasteiger partial charge in [-0.15, -0.1) is 0 Å². The van der Waals surface area contributed by atoms with Crippen LogP contribution in [0.2, 0.25) is 0 Å². The number of nitrogens with two attached hydrogens (primary N) is 1. The highest BCUT2D eigenvalue weighted by Gasteiger charge is 2.28. The second kappa shape index (κ2) is 7.81. The molecule has 2 atom stereocenters. The van der Waals surface area contributed by atoms with Crippen molar-refractivity contribution in [2.45, 2.75) is 19.0 Å². The molecule has 128 valence electrons. The third kappa shape index (κ3) is 4.25. The Hall–Kier alpha value is -1.57. The molecule has 1 aliphatic rings. The van der Waals surface area contributed by atoms with Crippen LogP contribution in [0.3, 0.4) is 0 Å². The minimum absolute atomic E-state index is 0.132. The Morgan fingerprint density at radius 3 is 2.52 bits per heavy atom. The number of carbonyl (C=O) groups is 1. The van der Waals surface area contributed by atoms with Gasteiger partial charge in [-0.3, -0.25) is 9.69 Å². The zero-order chi connectivity index (χ0) is 17.0. The van der Waals surface area contributed by atoms with Crippen LogP contribution in [0.5, 0.6) is 0 Å². The summed E-state index contributed by atoms with van der Waals surface area (Å²) >= 11 is 0. The van der Waals surface area contributed by atoms with E-state index in [1.54, 1.807) is 4.90 Å². The maximum atomic E-state index is 13.9. The number of rotatable bonds is 5. The van der Waals surface area contributed by atoms with Gasteiger partial charge in [0, 0.05) is 51.0 Å². The van der Waals surface area contributed by atoms with Crippen molar-refractivity contribution < 1.29 is 18.3 Å². The van der Waals surface area contributed by atoms with Crippen LogP contribution >= 0.6 is 0 Å². The van der Waals surface area contributed by atoms with Crippen molar-refractivity contribution in [1.29, 1.82) is 0 Å². The Morgan fingerprint density at radius 2 is 1.96 bits per heavy atom. The average molecular weight is 327 g/mol. The lowest BCUT2D eigenvalue weighted by molar-refractivity contribution is -0.135. The maximum Gasteiger partial charge on any atom is 0.241 e. The second-order valence-corrected chi connectivity index (χ2v) is 5.76. The molecule has 2 rings (SSSR count). The van der Waals surface area contributed by atoms with E-state index in [1.807, 2.05) is 6.92 Å². The molecule has 1 heterocycles. The summed E-state index contributed by atoms with van der Waals surface area (Å²) in [4.78, 5) is 15.9.